The van der Waals surface area contributed by atoms with Crippen molar-refractivity contribution in [1.29, 1.82) is 0 Å². The number of carbonyl (C=O) groups is 1. The largest absolute Gasteiger partial charge is 0.495 e. The molecule has 3 N–H and O–H groups in total. The lowest BCUT2D eigenvalue weighted by Crippen LogP contribution is -2.20. The summed E-state index contributed by atoms with van der Waals surface area (Å²) in [6, 6.07) is 19.9. The Morgan fingerprint density at radius 3 is 1.91 bits per heavy atom. The van der Waals surface area contributed by atoms with E-state index in [0.717, 1.165) is 5.69 Å². The minimum Gasteiger partial charge on any atom is -0.495 e. The maximum Gasteiger partial charge on any atom is 0.255 e. The van der Waals surface area contributed by atoms with Crippen molar-refractivity contribution >= 4 is 40.3 Å². The summed E-state index contributed by atoms with van der Waals surface area (Å²) in [5.74, 6) is 1.44. The molecule has 3 rings (SSSR count). The van der Waals surface area contributed by atoms with E-state index in [-0.39, 0.29) is 5.91 Å². The number of hydrogen-bond donors (Lipinski definition) is 3. The van der Waals surface area contributed by atoms with Gasteiger partial charge in [0.1, 0.15) is 17.2 Å². The maximum absolute atomic E-state index is 12.7. The number of amides is 1. The van der Waals surface area contributed by atoms with Crippen LogP contribution in [-0.4, -0.2) is 31.3 Å². The second kappa shape index (κ2) is 11.7. The van der Waals surface area contributed by atoms with E-state index < -0.39 is 0 Å². The molecule has 3 aromatic carbocycles. The Bertz CT molecular complexity index is 1110. The van der Waals surface area contributed by atoms with Crippen LogP contribution < -0.4 is 30.2 Å². The summed E-state index contributed by atoms with van der Waals surface area (Å²) in [7, 11) is 1.60. The van der Waals surface area contributed by atoms with E-state index in [1.54, 1.807) is 31.4 Å². The fraction of sp³-hybridized carbons (Fsp3) is 0.200. The van der Waals surface area contributed by atoms with Crippen molar-refractivity contribution in [2.75, 3.05) is 36.3 Å². The van der Waals surface area contributed by atoms with Crippen molar-refractivity contribution in [1.82, 2.24) is 0 Å². The van der Waals surface area contributed by atoms with Crippen LogP contribution in [0.2, 0.25) is 0 Å². The molecule has 0 aromatic heterocycles. The van der Waals surface area contributed by atoms with E-state index >= 15 is 0 Å². The number of nitrogens with one attached hydrogen (secondary N) is 3. The number of ether oxygens (including phenoxy) is 3. The lowest BCUT2D eigenvalue weighted by molar-refractivity contribution is 0.102. The molecule has 0 heterocycles. The molecule has 0 aliphatic carbocycles. The molecule has 8 heteroatoms. The van der Waals surface area contributed by atoms with Gasteiger partial charge in [0.25, 0.3) is 5.91 Å². The summed E-state index contributed by atoms with van der Waals surface area (Å²) < 4.78 is 17.0. The van der Waals surface area contributed by atoms with Crippen molar-refractivity contribution in [3.63, 3.8) is 0 Å². The Hall–Kier alpha value is -3.78. The van der Waals surface area contributed by atoms with Gasteiger partial charge in [-0.05, 0) is 50.3 Å². The van der Waals surface area contributed by atoms with Crippen molar-refractivity contribution in [3.8, 4) is 17.2 Å². The maximum atomic E-state index is 12.7. The second-order valence-corrected chi connectivity index (χ2v) is 7.22. The molecule has 0 unspecified atom stereocenters. The van der Waals surface area contributed by atoms with Gasteiger partial charge in [0, 0.05) is 17.7 Å². The highest BCUT2D eigenvalue weighted by Crippen LogP contribution is 2.37. The van der Waals surface area contributed by atoms with Gasteiger partial charge < -0.3 is 30.2 Å². The molecule has 0 saturated heterocycles. The molecule has 0 bridgehead atoms. The molecule has 33 heavy (non-hydrogen) atoms. The highest BCUT2D eigenvalue weighted by atomic mass is 32.1. The highest BCUT2D eigenvalue weighted by Gasteiger charge is 2.16. The molecule has 7 nitrogen and oxygen atoms in total. The number of methoxy groups -OCH3 is 1. The Labute approximate surface area is 199 Å². The van der Waals surface area contributed by atoms with Crippen LogP contribution in [0.15, 0.2) is 66.7 Å². The number of para-hydroxylation sites is 2. The Morgan fingerprint density at radius 2 is 1.30 bits per heavy atom. The van der Waals surface area contributed by atoms with Gasteiger partial charge in [0.05, 0.1) is 37.4 Å². The fourth-order valence-corrected chi connectivity index (χ4v) is 3.33. The minimum atomic E-state index is -0.243. The Morgan fingerprint density at radius 1 is 0.758 bits per heavy atom. The zero-order chi connectivity index (χ0) is 23.6. The van der Waals surface area contributed by atoms with Crippen LogP contribution in [0.3, 0.4) is 0 Å². The number of thiocarbonyl (C=S) groups is 1. The van der Waals surface area contributed by atoms with Gasteiger partial charge in [-0.25, -0.2) is 0 Å². The molecule has 1 amide bonds. The minimum absolute atomic E-state index is 0.243. The average Bonchev–Trinajstić information content (AvgIpc) is 2.82. The average molecular weight is 466 g/mol. The lowest BCUT2D eigenvalue weighted by atomic mass is 10.2. The van der Waals surface area contributed by atoms with Crippen LogP contribution in [-0.2, 0) is 0 Å². The first-order chi connectivity index (χ1) is 16.0. The SMILES string of the molecule is CCOc1cc(NC(=S)Nc2ccccc2OC)c(OCC)cc1NC(=O)c1ccccc1. The second-order valence-electron chi connectivity index (χ2n) is 6.81. The third-order valence-electron chi connectivity index (χ3n) is 4.57. The van der Waals surface area contributed by atoms with Crippen molar-refractivity contribution in [2.45, 2.75) is 13.8 Å². The number of carbonyl (C=O) groups excluding carboxylic acids is 1. The predicted octanol–water partition coefficient (Wildman–Crippen LogP) is 5.55. The zero-order valence-electron chi connectivity index (χ0n) is 18.8. The number of anilines is 3. The first kappa shape index (κ1) is 23.9. The fourth-order valence-electron chi connectivity index (χ4n) is 3.11. The number of benzene rings is 3. The quantitative estimate of drug-likeness (QED) is 0.357. The predicted molar refractivity (Wildman–Crippen MR) is 136 cm³/mol. The molecule has 0 atom stereocenters. The van der Waals surface area contributed by atoms with Crippen LogP contribution in [0.4, 0.5) is 17.1 Å². The normalized spacial score (nSPS) is 10.2. The van der Waals surface area contributed by atoms with Gasteiger partial charge in [0.2, 0.25) is 0 Å². The van der Waals surface area contributed by atoms with Gasteiger partial charge in [-0.3, -0.25) is 4.79 Å². The molecule has 0 fully saturated rings. The van der Waals surface area contributed by atoms with Crippen LogP contribution in [0.25, 0.3) is 0 Å². The van der Waals surface area contributed by atoms with Crippen molar-refractivity contribution < 1.29 is 19.0 Å². The first-order valence-electron chi connectivity index (χ1n) is 10.6. The summed E-state index contributed by atoms with van der Waals surface area (Å²) in [6.45, 7) is 4.61. The molecule has 0 aliphatic heterocycles. The van der Waals surface area contributed by atoms with E-state index in [0.29, 0.717) is 52.5 Å². The third kappa shape index (κ3) is 6.36. The van der Waals surface area contributed by atoms with E-state index in [4.69, 9.17) is 26.4 Å². The van der Waals surface area contributed by atoms with Crippen LogP contribution in [0, 0.1) is 0 Å². The van der Waals surface area contributed by atoms with E-state index in [2.05, 4.69) is 16.0 Å². The van der Waals surface area contributed by atoms with Crippen LogP contribution >= 0.6 is 12.2 Å². The summed E-state index contributed by atoms with van der Waals surface area (Å²) >= 11 is 5.50. The zero-order valence-corrected chi connectivity index (χ0v) is 19.6. The lowest BCUT2D eigenvalue weighted by Gasteiger charge is -2.19. The molecule has 172 valence electrons. The van der Waals surface area contributed by atoms with Crippen molar-refractivity contribution in [2.24, 2.45) is 0 Å². The molecule has 0 saturated carbocycles. The Balaban J connectivity index is 1.87. The smallest absolute Gasteiger partial charge is 0.255 e. The van der Waals surface area contributed by atoms with Gasteiger partial charge in [-0.2, -0.15) is 0 Å². The molecular weight excluding hydrogens is 438 g/mol. The topological polar surface area (TPSA) is 80.8 Å². The van der Waals surface area contributed by atoms with Gasteiger partial charge in [0.15, 0.2) is 5.11 Å². The van der Waals surface area contributed by atoms with Gasteiger partial charge >= 0.3 is 0 Å². The first-order valence-corrected chi connectivity index (χ1v) is 11.0. The molecule has 0 radical (unpaired) electrons. The summed E-state index contributed by atoms with van der Waals surface area (Å²) in [4.78, 5) is 12.7. The number of hydrogen-bond acceptors (Lipinski definition) is 5. The van der Waals surface area contributed by atoms with Crippen LogP contribution in [0.5, 0.6) is 17.2 Å². The third-order valence-corrected chi connectivity index (χ3v) is 4.77. The van der Waals surface area contributed by atoms with Crippen LogP contribution in [0.1, 0.15) is 24.2 Å². The summed E-state index contributed by atoms with van der Waals surface area (Å²) in [5, 5.41) is 9.54. The Kier molecular flexibility index (Phi) is 8.49. The molecule has 0 spiro atoms. The standard InChI is InChI=1S/C25H27N3O4S/c1-4-31-22-16-20(28-25(33)27-18-13-9-10-14-21(18)30-3)23(32-5-2)15-19(22)26-24(29)17-11-7-6-8-12-17/h6-16H,4-5H2,1-3H3,(H,26,29)(H2,27,28,33). The summed E-state index contributed by atoms with van der Waals surface area (Å²) in [6.07, 6.45) is 0. The van der Waals surface area contributed by atoms with E-state index in [9.17, 15) is 4.79 Å². The summed E-state index contributed by atoms with van der Waals surface area (Å²) in [5.41, 5.74) is 2.38. The van der Waals surface area contributed by atoms with E-state index in [1.165, 1.54) is 0 Å². The molecular formula is C25H27N3O4S. The number of rotatable bonds is 9. The van der Waals surface area contributed by atoms with Gasteiger partial charge in [-0.1, -0.05) is 30.3 Å². The highest BCUT2D eigenvalue weighted by molar-refractivity contribution is 7.80. The molecule has 3 aromatic rings. The molecule has 0 aliphatic rings. The van der Waals surface area contributed by atoms with Crippen molar-refractivity contribution in [3.05, 3.63) is 72.3 Å². The van der Waals surface area contributed by atoms with Gasteiger partial charge in [-0.15, -0.1) is 0 Å². The monoisotopic (exact) mass is 465 g/mol. The van der Waals surface area contributed by atoms with E-state index in [1.807, 2.05) is 56.3 Å².